The zero-order chi connectivity index (χ0) is 20.1. The Bertz CT molecular complexity index is 877. The van der Waals surface area contributed by atoms with Gasteiger partial charge in [0.25, 0.3) is 0 Å². The maximum atomic E-state index is 14.0. The Kier molecular flexibility index (Phi) is 7.89. The molecule has 30 heavy (non-hydrogen) atoms. The van der Waals surface area contributed by atoms with Gasteiger partial charge in [0.05, 0.1) is 0 Å². The van der Waals surface area contributed by atoms with Crippen LogP contribution in [0.5, 0.6) is 0 Å². The van der Waals surface area contributed by atoms with Gasteiger partial charge in [-0.25, -0.2) is 9.37 Å². The third kappa shape index (κ3) is 5.41. The van der Waals surface area contributed by atoms with E-state index in [2.05, 4.69) is 61.9 Å². The van der Waals surface area contributed by atoms with Crippen molar-refractivity contribution >= 4 is 41.4 Å². The molecule has 1 aromatic carbocycles. The van der Waals surface area contributed by atoms with Crippen LogP contribution in [0.15, 0.2) is 59.7 Å². The molecule has 1 unspecified atom stereocenters. The minimum atomic E-state index is -0.274. The van der Waals surface area contributed by atoms with E-state index in [9.17, 15) is 4.39 Å². The highest BCUT2D eigenvalue weighted by molar-refractivity contribution is 14.0. The molecule has 3 heterocycles. The lowest BCUT2D eigenvalue weighted by Crippen LogP contribution is -2.44. The summed E-state index contributed by atoms with van der Waals surface area (Å²) in [5, 5.41) is 6.81. The summed E-state index contributed by atoms with van der Waals surface area (Å²) in [6.45, 7) is 4.13. The van der Waals surface area contributed by atoms with E-state index >= 15 is 0 Å². The first kappa shape index (κ1) is 22.3. The minimum absolute atomic E-state index is 0. The number of halogens is 2. The van der Waals surface area contributed by atoms with Gasteiger partial charge in [0, 0.05) is 57.7 Å². The fourth-order valence-corrected chi connectivity index (χ4v) is 3.77. The van der Waals surface area contributed by atoms with Crippen molar-refractivity contribution in [3.8, 4) is 0 Å². The second-order valence-corrected chi connectivity index (χ2v) is 7.35. The number of nitrogens with zero attached hydrogens (tertiary/aromatic N) is 4. The first-order valence-electron chi connectivity index (χ1n) is 10.0. The lowest BCUT2D eigenvalue weighted by Gasteiger charge is -2.20. The van der Waals surface area contributed by atoms with Gasteiger partial charge in [-0.2, -0.15) is 0 Å². The molecule has 2 N–H and O–H groups in total. The Morgan fingerprint density at radius 3 is 2.63 bits per heavy atom. The van der Waals surface area contributed by atoms with Crippen molar-refractivity contribution in [1.82, 2.24) is 15.6 Å². The lowest BCUT2D eigenvalue weighted by molar-refractivity contribution is 0.612. The summed E-state index contributed by atoms with van der Waals surface area (Å²) in [6, 6.07) is 11.9. The van der Waals surface area contributed by atoms with Crippen LogP contribution in [0.3, 0.4) is 0 Å². The van der Waals surface area contributed by atoms with Gasteiger partial charge in [-0.3, -0.25) is 4.99 Å². The van der Waals surface area contributed by atoms with E-state index in [1.54, 1.807) is 19.3 Å². The number of pyridine rings is 1. The number of anilines is 2. The number of rotatable bonds is 5. The highest BCUT2D eigenvalue weighted by Gasteiger charge is 2.25. The number of aromatic nitrogens is 1. The first-order valence-corrected chi connectivity index (χ1v) is 10.0. The molecule has 2 aromatic rings. The third-order valence-electron chi connectivity index (χ3n) is 5.37. The van der Waals surface area contributed by atoms with Crippen molar-refractivity contribution in [2.75, 3.05) is 43.0 Å². The molecule has 0 aliphatic carbocycles. The van der Waals surface area contributed by atoms with Crippen LogP contribution >= 0.6 is 24.0 Å². The summed E-state index contributed by atoms with van der Waals surface area (Å²) in [6.07, 6.45) is 6.93. The highest BCUT2D eigenvalue weighted by Crippen LogP contribution is 2.21. The number of hydrogen-bond donors (Lipinski definition) is 2. The van der Waals surface area contributed by atoms with Crippen molar-refractivity contribution in [2.24, 2.45) is 4.99 Å². The molecule has 1 aromatic heterocycles. The summed E-state index contributed by atoms with van der Waals surface area (Å²) >= 11 is 0. The SMILES string of the molecule is CN=C(NCc1ccc(N2CC=CC2)cc1)NC1CCN(c2ncccc2F)C1.I. The van der Waals surface area contributed by atoms with E-state index in [0.717, 1.165) is 32.0 Å². The Hall–Kier alpha value is -2.36. The molecule has 2 aliphatic rings. The number of hydrogen-bond acceptors (Lipinski definition) is 4. The maximum absolute atomic E-state index is 14.0. The van der Waals surface area contributed by atoms with Crippen LogP contribution in [0.1, 0.15) is 12.0 Å². The summed E-state index contributed by atoms with van der Waals surface area (Å²) in [5.41, 5.74) is 2.45. The fourth-order valence-electron chi connectivity index (χ4n) is 3.77. The number of benzene rings is 1. The van der Waals surface area contributed by atoms with Crippen molar-refractivity contribution < 1.29 is 4.39 Å². The molecule has 0 saturated carbocycles. The van der Waals surface area contributed by atoms with E-state index < -0.39 is 0 Å². The zero-order valence-corrected chi connectivity index (χ0v) is 19.4. The normalized spacial score (nSPS) is 18.5. The molecule has 1 atom stereocenters. The van der Waals surface area contributed by atoms with Gasteiger partial charge < -0.3 is 20.4 Å². The lowest BCUT2D eigenvalue weighted by atomic mass is 10.2. The monoisotopic (exact) mass is 522 g/mol. The third-order valence-corrected chi connectivity index (χ3v) is 5.37. The van der Waals surface area contributed by atoms with Crippen molar-refractivity contribution in [3.05, 3.63) is 66.1 Å². The molecule has 160 valence electrons. The molecule has 2 aliphatic heterocycles. The summed E-state index contributed by atoms with van der Waals surface area (Å²) in [5.74, 6) is 0.906. The topological polar surface area (TPSA) is 55.8 Å². The number of guanidine groups is 1. The fraction of sp³-hybridized carbons (Fsp3) is 0.364. The van der Waals surface area contributed by atoms with Gasteiger partial charge >= 0.3 is 0 Å². The second-order valence-electron chi connectivity index (χ2n) is 7.35. The zero-order valence-electron chi connectivity index (χ0n) is 17.1. The van der Waals surface area contributed by atoms with Crippen LogP contribution in [0, 0.1) is 5.82 Å². The molecule has 6 nitrogen and oxygen atoms in total. The Morgan fingerprint density at radius 1 is 1.17 bits per heavy atom. The molecule has 0 spiro atoms. The Labute approximate surface area is 194 Å². The Morgan fingerprint density at radius 2 is 1.93 bits per heavy atom. The van der Waals surface area contributed by atoms with E-state index in [1.807, 2.05) is 4.90 Å². The maximum Gasteiger partial charge on any atom is 0.191 e. The van der Waals surface area contributed by atoms with Crippen LogP contribution in [0.25, 0.3) is 0 Å². The quantitative estimate of drug-likeness (QED) is 0.274. The molecule has 1 fully saturated rings. The van der Waals surface area contributed by atoms with E-state index in [0.29, 0.717) is 18.9 Å². The van der Waals surface area contributed by atoms with Crippen molar-refractivity contribution in [3.63, 3.8) is 0 Å². The van der Waals surface area contributed by atoms with Gasteiger partial charge in [0.1, 0.15) is 0 Å². The molecule has 0 bridgehead atoms. The highest BCUT2D eigenvalue weighted by atomic mass is 127. The molecule has 8 heteroatoms. The molecule has 0 radical (unpaired) electrons. The average Bonchev–Trinajstić information content (AvgIpc) is 3.44. The number of nitrogens with one attached hydrogen (secondary N) is 2. The van der Waals surface area contributed by atoms with Gasteiger partial charge in [-0.1, -0.05) is 24.3 Å². The van der Waals surface area contributed by atoms with Crippen molar-refractivity contribution in [1.29, 1.82) is 0 Å². The molecular formula is C22H28FIN6. The van der Waals surface area contributed by atoms with Gasteiger partial charge in [0.2, 0.25) is 0 Å². The van der Waals surface area contributed by atoms with E-state index in [4.69, 9.17) is 0 Å². The predicted molar refractivity (Wildman–Crippen MR) is 131 cm³/mol. The summed E-state index contributed by atoms with van der Waals surface area (Å²) in [4.78, 5) is 12.8. The van der Waals surface area contributed by atoms with Crippen LogP contribution in [-0.4, -0.2) is 50.2 Å². The average molecular weight is 522 g/mol. The van der Waals surface area contributed by atoms with Crippen LogP contribution < -0.4 is 20.4 Å². The first-order chi connectivity index (χ1) is 14.2. The van der Waals surface area contributed by atoms with Crippen molar-refractivity contribution in [2.45, 2.75) is 19.0 Å². The summed E-state index contributed by atoms with van der Waals surface area (Å²) in [7, 11) is 1.77. The summed E-state index contributed by atoms with van der Waals surface area (Å²) < 4.78 is 14.0. The predicted octanol–water partition coefficient (Wildman–Crippen LogP) is 3.16. The second kappa shape index (κ2) is 10.6. The van der Waals surface area contributed by atoms with Gasteiger partial charge in [0.15, 0.2) is 17.6 Å². The minimum Gasteiger partial charge on any atom is -0.364 e. The molecule has 4 rings (SSSR count). The number of aliphatic imine (C=N–C) groups is 1. The van der Waals surface area contributed by atoms with Crippen LogP contribution in [-0.2, 0) is 6.54 Å². The van der Waals surface area contributed by atoms with E-state index in [-0.39, 0.29) is 35.8 Å². The Balaban J connectivity index is 0.00000256. The van der Waals surface area contributed by atoms with Crippen LogP contribution in [0.2, 0.25) is 0 Å². The standard InChI is InChI=1S/C22H27FN6.HI/c1-24-22(26-15-17-6-8-19(9-7-17)28-12-2-3-13-28)27-18-10-14-29(16-18)21-20(23)5-4-11-25-21;/h2-9,11,18H,10,12-16H2,1H3,(H2,24,26,27);1H. The molecular weight excluding hydrogens is 494 g/mol. The van der Waals surface area contributed by atoms with E-state index in [1.165, 1.54) is 17.3 Å². The molecule has 0 amide bonds. The van der Waals surface area contributed by atoms with Crippen LogP contribution in [0.4, 0.5) is 15.9 Å². The van der Waals surface area contributed by atoms with Gasteiger partial charge in [-0.15, -0.1) is 24.0 Å². The van der Waals surface area contributed by atoms with Gasteiger partial charge in [-0.05, 0) is 36.2 Å². The largest absolute Gasteiger partial charge is 0.364 e. The molecule has 1 saturated heterocycles. The smallest absolute Gasteiger partial charge is 0.191 e.